The first kappa shape index (κ1) is 20.1. The van der Waals surface area contributed by atoms with Gasteiger partial charge in [-0.3, -0.25) is 4.98 Å². The van der Waals surface area contributed by atoms with Crippen molar-refractivity contribution in [3.63, 3.8) is 0 Å². The summed E-state index contributed by atoms with van der Waals surface area (Å²) in [5, 5.41) is 14.9. The van der Waals surface area contributed by atoms with E-state index in [0.717, 1.165) is 27.9 Å². The van der Waals surface area contributed by atoms with Crippen LogP contribution in [0, 0.1) is 13.8 Å². The fourth-order valence-electron chi connectivity index (χ4n) is 5.38. The molecule has 0 radical (unpaired) electrons. The third-order valence-electron chi connectivity index (χ3n) is 6.76. The van der Waals surface area contributed by atoms with Crippen molar-refractivity contribution in [2.75, 3.05) is 0 Å². The molecule has 3 heterocycles. The van der Waals surface area contributed by atoms with E-state index in [1.54, 1.807) is 6.07 Å². The maximum Gasteiger partial charge on any atom is 0.170 e. The Labute approximate surface area is 188 Å². The largest absolute Gasteiger partial charge is 0.506 e. The summed E-state index contributed by atoms with van der Waals surface area (Å²) in [4.78, 5) is 7.10. The van der Waals surface area contributed by atoms with Crippen molar-refractivity contribution < 1.29 is 5.11 Å². The van der Waals surface area contributed by atoms with Crippen molar-refractivity contribution >= 4 is 17.3 Å². The number of phenols is 1. The normalized spacial score (nSPS) is 21.6. The van der Waals surface area contributed by atoms with Gasteiger partial charge < -0.3 is 19.9 Å². The number of nitrogens with one attached hydrogen (secondary N) is 1. The van der Waals surface area contributed by atoms with Crippen LogP contribution < -0.4 is 5.32 Å². The molecule has 0 amide bonds. The van der Waals surface area contributed by atoms with Crippen molar-refractivity contribution in [3.8, 4) is 11.4 Å². The van der Waals surface area contributed by atoms with Crippen molar-refractivity contribution in [2.45, 2.75) is 57.7 Å². The molecular weight excluding hydrogens is 404 g/mol. The Hall–Kier alpha value is -2.86. The third-order valence-corrected chi connectivity index (χ3v) is 7.09. The van der Waals surface area contributed by atoms with Gasteiger partial charge in [0, 0.05) is 23.6 Å². The Bertz CT molecular complexity index is 1100. The summed E-state index contributed by atoms with van der Waals surface area (Å²) in [6.45, 7) is 4.23. The molecule has 1 saturated carbocycles. The number of thiocarbonyl (C=S) groups is 1. The van der Waals surface area contributed by atoms with E-state index >= 15 is 0 Å². The molecule has 1 aromatic carbocycles. The van der Waals surface area contributed by atoms with Crippen LogP contribution in [0.3, 0.4) is 0 Å². The lowest BCUT2D eigenvalue weighted by atomic mass is 9.95. The van der Waals surface area contributed by atoms with Crippen LogP contribution >= 0.6 is 12.2 Å². The van der Waals surface area contributed by atoms with Crippen molar-refractivity contribution in [2.24, 2.45) is 0 Å². The van der Waals surface area contributed by atoms with Crippen LogP contribution in [0.25, 0.3) is 5.69 Å². The Balaban J connectivity index is 1.65. The predicted octanol–water partition coefficient (Wildman–Crippen LogP) is 5.11. The number of rotatable bonds is 4. The summed E-state index contributed by atoms with van der Waals surface area (Å²) in [7, 11) is 0. The molecule has 1 aliphatic heterocycles. The summed E-state index contributed by atoms with van der Waals surface area (Å²) < 4.78 is 2.15. The van der Waals surface area contributed by atoms with Crippen molar-refractivity contribution in [3.05, 3.63) is 77.4 Å². The quantitative estimate of drug-likeness (QED) is 0.561. The molecular formula is C25H28N4OS. The molecule has 0 bridgehead atoms. The fraction of sp³-hybridized carbons (Fsp3) is 0.360. The van der Waals surface area contributed by atoms with E-state index in [9.17, 15) is 5.11 Å². The SMILES string of the molecule is Cc1cc(C2C(c3ccccn3)NC(=S)N2C2CCCC2)c(C)n1-c1ccccc1O. The molecule has 2 atom stereocenters. The average Bonchev–Trinajstić information content (AvgIpc) is 3.47. The van der Waals surface area contributed by atoms with Gasteiger partial charge in [-0.25, -0.2) is 0 Å². The minimum absolute atomic E-state index is 0.00683. The van der Waals surface area contributed by atoms with Crippen LogP contribution in [0.15, 0.2) is 54.7 Å². The van der Waals surface area contributed by atoms with Gasteiger partial charge in [0.05, 0.1) is 23.5 Å². The molecule has 2 unspecified atom stereocenters. The number of pyridine rings is 1. The molecule has 0 spiro atoms. The molecule has 1 aliphatic carbocycles. The Morgan fingerprint density at radius 2 is 1.81 bits per heavy atom. The van der Waals surface area contributed by atoms with E-state index in [2.05, 4.69) is 45.7 Å². The summed E-state index contributed by atoms with van der Waals surface area (Å²) in [6.07, 6.45) is 6.70. The van der Waals surface area contributed by atoms with Crippen LogP contribution in [0.4, 0.5) is 0 Å². The molecule has 2 aliphatic rings. The van der Waals surface area contributed by atoms with E-state index in [0.29, 0.717) is 6.04 Å². The molecule has 2 fully saturated rings. The number of para-hydroxylation sites is 2. The van der Waals surface area contributed by atoms with Crippen LogP contribution in [0.1, 0.15) is 60.4 Å². The highest BCUT2D eigenvalue weighted by molar-refractivity contribution is 7.80. The fourth-order valence-corrected chi connectivity index (χ4v) is 5.77. The maximum absolute atomic E-state index is 10.5. The van der Waals surface area contributed by atoms with Gasteiger partial charge in [0.25, 0.3) is 0 Å². The number of phenolic OH excluding ortho intramolecular Hbond substituents is 1. The first-order chi connectivity index (χ1) is 15.1. The van der Waals surface area contributed by atoms with Gasteiger partial charge in [0.2, 0.25) is 0 Å². The van der Waals surface area contributed by atoms with Crippen molar-refractivity contribution in [1.82, 2.24) is 19.8 Å². The van der Waals surface area contributed by atoms with Gasteiger partial charge in [-0.15, -0.1) is 0 Å². The van der Waals surface area contributed by atoms with Crippen molar-refractivity contribution in [1.29, 1.82) is 0 Å². The molecule has 2 N–H and O–H groups in total. The van der Waals surface area contributed by atoms with Gasteiger partial charge in [-0.05, 0) is 74.8 Å². The number of aromatic nitrogens is 2. The van der Waals surface area contributed by atoms with Gasteiger partial charge >= 0.3 is 0 Å². The smallest absolute Gasteiger partial charge is 0.170 e. The van der Waals surface area contributed by atoms with E-state index in [-0.39, 0.29) is 17.8 Å². The van der Waals surface area contributed by atoms with Gasteiger partial charge in [0.15, 0.2) is 5.11 Å². The highest BCUT2D eigenvalue weighted by Gasteiger charge is 2.44. The first-order valence-electron chi connectivity index (χ1n) is 11.0. The second-order valence-electron chi connectivity index (χ2n) is 8.62. The summed E-state index contributed by atoms with van der Waals surface area (Å²) in [6, 6.07) is 16.3. The summed E-state index contributed by atoms with van der Waals surface area (Å²) in [5.41, 5.74) is 5.26. The molecule has 6 heteroatoms. The molecule has 2 aromatic heterocycles. The highest BCUT2D eigenvalue weighted by atomic mass is 32.1. The number of nitrogens with zero attached hydrogens (tertiary/aromatic N) is 3. The zero-order chi connectivity index (χ0) is 21.5. The molecule has 1 saturated heterocycles. The number of hydrogen-bond acceptors (Lipinski definition) is 3. The van der Waals surface area contributed by atoms with Gasteiger partial charge in [-0.1, -0.05) is 31.0 Å². The maximum atomic E-state index is 10.5. The lowest BCUT2D eigenvalue weighted by Crippen LogP contribution is -2.37. The minimum atomic E-state index is -0.00683. The van der Waals surface area contributed by atoms with E-state index in [1.807, 2.05) is 36.5 Å². The van der Waals surface area contributed by atoms with E-state index in [1.165, 1.54) is 31.2 Å². The van der Waals surface area contributed by atoms with Crippen LogP contribution in [-0.4, -0.2) is 30.7 Å². The van der Waals surface area contributed by atoms with Crippen LogP contribution in [-0.2, 0) is 0 Å². The molecule has 31 heavy (non-hydrogen) atoms. The number of benzene rings is 1. The van der Waals surface area contributed by atoms with E-state index in [4.69, 9.17) is 12.2 Å². The zero-order valence-electron chi connectivity index (χ0n) is 18.0. The van der Waals surface area contributed by atoms with Gasteiger partial charge in [0.1, 0.15) is 5.75 Å². The minimum Gasteiger partial charge on any atom is -0.506 e. The second kappa shape index (κ2) is 8.00. The average molecular weight is 433 g/mol. The van der Waals surface area contributed by atoms with Crippen LogP contribution in [0.2, 0.25) is 0 Å². The molecule has 160 valence electrons. The molecule has 5 nitrogen and oxygen atoms in total. The standard InChI is InChI=1S/C25H28N4OS/c1-16-15-19(17(2)28(16)21-12-5-6-13-22(21)30)24-23(20-11-7-8-14-26-20)27-25(31)29(24)18-9-3-4-10-18/h5-8,11-15,18,23-24,30H,3-4,9-10H2,1-2H3,(H,27,31). The Morgan fingerprint density at radius 3 is 2.52 bits per heavy atom. The highest BCUT2D eigenvalue weighted by Crippen LogP contribution is 2.45. The number of aromatic hydroxyl groups is 1. The van der Waals surface area contributed by atoms with E-state index < -0.39 is 0 Å². The third kappa shape index (κ3) is 3.39. The topological polar surface area (TPSA) is 53.3 Å². The predicted molar refractivity (Wildman–Crippen MR) is 126 cm³/mol. The monoisotopic (exact) mass is 432 g/mol. The second-order valence-corrected chi connectivity index (χ2v) is 9.01. The number of hydrogen-bond donors (Lipinski definition) is 2. The Kier molecular flexibility index (Phi) is 5.18. The zero-order valence-corrected chi connectivity index (χ0v) is 18.8. The lowest BCUT2D eigenvalue weighted by Gasteiger charge is -2.33. The molecule has 3 aromatic rings. The molecule has 5 rings (SSSR count). The van der Waals surface area contributed by atoms with Crippen LogP contribution in [0.5, 0.6) is 5.75 Å². The van der Waals surface area contributed by atoms with Gasteiger partial charge in [-0.2, -0.15) is 0 Å². The lowest BCUT2D eigenvalue weighted by molar-refractivity contribution is 0.245. The Morgan fingerprint density at radius 1 is 1.06 bits per heavy atom. The number of aryl methyl sites for hydroxylation is 1. The first-order valence-corrected chi connectivity index (χ1v) is 11.4. The summed E-state index contributed by atoms with van der Waals surface area (Å²) >= 11 is 5.87. The summed E-state index contributed by atoms with van der Waals surface area (Å²) in [5.74, 6) is 0.282.